The average Bonchev–Trinajstić information content (AvgIpc) is 2.73. The zero-order valence-electron chi connectivity index (χ0n) is 15.7. The smallest absolute Gasteiger partial charge is 0.270 e. The van der Waals surface area contributed by atoms with E-state index in [0.717, 1.165) is 11.3 Å². The number of nitrogens with zero attached hydrogens (tertiary/aromatic N) is 2. The lowest BCUT2D eigenvalue weighted by Gasteiger charge is -2.30. The van der Waals surface area contributed by atoms with Crippen molar-refractivity contribution in [2.75, 3.05) is 37.8 Å². The Labute approximate surface area is 163 Å². The highest BCUT2D eigenvalue weighted by Gasteiger charge is 2.22. The molecule has 0 unspecified atom stereocenters. The Morgan fingerprint density at radius 1 is 1.21 bits per heavy atom. The molecule has 1 heterocycles. The molecule has 0 aliphatic carbocycles. The second kappa shape index (κ2) is 9.18. The third kappa shape index (κ3) is 4.77. The summed E-state index contributed by atoms with van der Waals surface area (Å²) in [5.74, 6) is 0.421. The maximum absolute atomic E-state index is 12.8. The van der Waals surface area contributed by atoms with Gasteiger partial charge in [0.2, 0.25) is 0 Å². The van der Waals surface area contributed by atoms with Gasteiger partial charge in [-0.3, -0.25) is 14.9 Å². The molecule has 0 spiro atoms. The highest BCUT2D eigenvalue weighted by Crippen LogP contribution is 2.26. The van der Waals surface area contributed by atoms with Crippen molar-refractivity contribution >= 4 is 17.3 Å². The number of hydrogen-bond donors (Lipinski definition) is 1. The number of non-ortho nitro benzene ring substituents is 1. The van der Waals surface area contributed by atoms with Crippen molar-refractivity contribution < 1.29 is 19.2 Å². The zero-order chi connectivity index (χ0) is 19.9. The minimum atomic E-state index is -0.494. The van der Waals surface area contributed by atoms with Crippen molar-refractivity contribution in [2.24, 2.45) is 0 Å². The SMILES string of the molecule is CCOc1ccc(CNC(=O)c2cc([N+](=O)[O-])ccc2N2CCOCC2)cc1. The standard InChI is InChI=1S/C20H23N3O5/c1-2-28-17-6-3-15(4-7-17)14-21-20(24)18-13-16(23(25)26)5-8-19(18)22-9-11-27-12-10-22/h3-8,13H,2,9-12,14H2,1H3,(H,21,24). The van der Waals surface area contributed by atoms with Crippen LogP contribution in [0.4, 0.5) is 11.4 Å². The zero-order valence-corrected chi connectivity index (χ0v) is 15.7. The van der Waals surface area contributed by atoms with E-state index >= 15 is 0 Å². The minimum Gasteiger partial charge on any atom is -0.494 e. The first kappa shape index (κ1) is 19.6. The van der Waals surface area contributed by atoms with Gasteiger partial charge in [-0.25, -0.2) is 0 Å². The molecular weight excluding hydrogens is 362 g/mol. The van der Waals surface area contributed by atoms with E-state index < -0.39 is 4.92 Å². The third-order valence-electron chi connectivity index (χ3n) is 4.47. The maximum atomic E-state index is 12.8. The van der Waals surface area contributed by atoms with E-state index in [9.17, 15) is 14.9 Å². The number of ether oxygens (including phenoxy) is 2. The van der Waals surface area contributed by atoms with Crippen LogP contribution >= 0.6 is 0 Å². The van der Waals surface area contributed by atoms with Gasteiger partial charge in [0.15, 0.2) is 0 Å². The molecule has 0 saturated carbocycles. The predicted molar refractivity (Wildman–Crippen MR) is 105 cm³/mol. The summed E-state index contributed by atoms with van der Waals surface area (Å²) in [5, 5.41) is 14.0. The lowest BCUT2D eigenvalue weighted by atomic mass is 10.1. The predicted octanol–water partition coefficient (Wildman–Crippen LogP) is 2.76. The first-order chi connectivity index (χ1) is 13.6. The fourth-order valence-corrected chi connectivity index (χ4v) is 3.05. The lowest BCUT2D eigenvalue weighted by Crippen LogP contribution is -2.38. The highest BCUT2D eigenvalue weighted by molar-refractivity contribution is 6.00. The molecule has 1 N–H and O–H groups in total. The Bertz CT molecular complexity index is 832. The van der Waals surface area contributed by atoms with Gasteiger partial charge in [0, 0.05) is 31.8 Å². The van der Waals surface area contributed by atoms with Gasteiger partial charge >= 0.3 is 0 Å². The second-order valence-electron chi connectivity index (χ2n) is 6.32. The third-order valence-corrected chi connectivity index (χ3v) is 4.47. The van der Waals surface area contributed by atoms with Gasteiger partial charge < -0.3 is 19.7 Å². The first-order valence-corrected chi connectivity index (χ1v) is 9.19. The van der Waals surface area contributed by atoms with E-state index in [4.69, 9.17) is 9.47 Å². The Kier molecular flexibility index (Phi) is 6.44. The quantitative estimate of drug-likeness (QED) is 0.582. The van der Waals surface area contributed by atoms with Crippen molar-refractivity contribution in [3.05, 3.63) is 63.7 Å². The molecule has 1 aliphatic heterocycles. The Balaban J connectivity index is 1.76. The number of carbonyl (C=O) groups is 1. The van der Waals surface area contributed by atoms with Crippen LogP contribution in [0.1, 0.15) is 22.8 Å². The molecule has 28 heavy (non-hydrogen) atoms. The number of morpholine rings is 1. The number of nitro groups is 1. The van der Waals surface area contributed by atoms with Crippen LogP contribution in [-0.2, 0) is 11.3 Å². The maximum Gasteiger partial charge on any atom is 0.270 e. The van der Waals surface area contributed by atoms with Crippen molar-refractivity contribution in [1.29, 1.82) is 0 Å². The van der Waals surface area contributed by atoms with Gasteiger partial charge in [0.05, 0.1) is 36.0 Å². The summed E-state index contributed by atoms with van der Waals surface area (Å²) < 4.78 is 10.8. The summed E-state index contributed by atoms with van der Waals surface area (Å²) in [5.41, 5.74) is 1.78. The number of carbonyl (C=O) groups excluding carboxylic acids is 1. The van der Waals surface area contributed by atoms with Crippen LogP contribution in [0, 0.1) is 10.1 Å². The molecule has 0 bridgehead atoms. The second-order valence-corrected chi connectivity index (χ2v) is 6.32. The molecule has 1 saturated heterocycles. The normalized spacial score (nSPS) is 13.8. The monoisotopic (exact) mass is 385 g/mol. The van der Waals surface area contributed by atoms with Crippen LogP contribution in [0.15, 0.2) is 42.5 Å². The highest BCUT2D eigenvalue weighted by atomic mass is 16.6. The van der Waals surface area contributed by atoms with E-state index in [0.29, 0.717) is 50.7 Å². The summed E-state index contributed by atoms with van der Waals surface area (Å²) >= 11 is 0. The van der Waals surface area contributed by atoms with Crippen molar-refractivity contribution in [3.8, 4) is 5.75 Å². The number of anilines is 1. The van der Waals surface area contributed by atoms with Crippen LogP contribution in [0.3, 0.4) is 0 Å². The molecule has 1 fully saturated rings. The molecule has 1 aliphatic rings. The summed E-state index contributed by atoms with van der Waals surface area (Å²) in [6.07, 6.45) is 0. The number of nitrogens with one attached hydrogen (secondary N) is 1. The van der Waals surface area contributed by atoms with Crippen LogP contribution in [0.5, 0.6) is 5.75 Å². The molecule has 0 radical (unpaired) electrons. The topological polar surface area (TPSA) is 93.9 Å². The molecule has 2 aromatic rings. The minimum absolute atomic E-state index is 0.108. The molecular formula is C20H23N3O5. The van der Waals surface area contributed by atoms with Gasteiger partial charge in [0.1, 0.15) is 5.75 Å². The lowest BCUT2D eigenvalue weighted by molar-refractivity contribution is -0.384. The molecule has 0 aromatic heterocycles. The van der Waals surface area contributed by atoms with Gasteiger partial charge in [-0.05, 0) is 30.7 Å². The summed E-state index contributed by atoms with van der Waals surface area (Å²) in [4.78, 5) is 25.5. The van der Waals surface area contributed by atoms with Crippen molar-refractivity contribution in [3.63, 3.8) is 0 Å². The van der Waals surface area contributed by atoms with Crippen LogP contribution in [0.2, 0.25) is 0 Å². The fraction of sp³-hybridized carbons (Fsp3) is 0.350. The summed E-state index contributed by atoms with van der Waals surface area (Å²) in [6, 6.07) is 11.8. The van der Waals surface area contributed by atoms with E-state index in [-0.39, 0.29) is 11.6 Å². The van der Waals surface area contributed by atoms with E-state index in [2.05, 4.69) is 5.32 Å². The van der Waals surface area contributed by atoms with Gasteiger partial charge in [-0.15, -0.1) is 0 Å². The molecule has 8 nitrogen and oxygen atoms in total. The van der Waals surface area contributed by atoms with E-state index in [1.54, 1.807) is 6.07 Å². The molecule has 1 amide bonds. The van der Waals surface area contributed by atoms with Crippen molar-refractivity contribution in [2.45, 2.75) is 13.5 Å². The molecule has 3 rings (SSSR count). The van der Waals surface area contributed by atoms with Gasteiger partial charge in [0.25, 0.3) is 11.6 Å². The summed E-state index contributed by atoms with van der Waals surface area (Å²) in [7, 11) is 0. The number of amides is 1. The molecule has 148 valence electrons. The number of rotatable bonds is 7. The van der Waals surface area contributed by atoms with E-state index in [1.165, 1.54) is 12.1 Å². The molecule has 8 heteroatoms. The molecule has 2 aromatic carbocycles. The number of benzene rings is 2. The summed E-state index contributed by atoms with van der Waals surface area (Å²) in [6.45, 7) is 5.21. The molecule has 0 atom stereocenters. The fourth-order valence-electron chi connectivity index (χ4n) is 3.05. The van der Waals surface area contributed by atoms with Crippen molar-refractivity contribution in [1.82, 2.24) is 5.32 Å². The largest absolute Gasteiger partial charge is 0.494 e. The van der Waals surface area contributed by atoms with Crippen LogP contribution < -0.4 is 15.0 Å². The Hall–Kier alpha value is -3.13. The number of hydrogen-bond acceptors (Lipinski definition) is 6. The van der Waals surface area contributed by atoms with Gasteiger partial charge in [-0.1, -0.05) is 12.1 Å². The Morgan fingerprint density at radius 3 is 2.57 bits per heavy atom. The van der Waals surface area contributed by atoms with Crippen LogP contribution in [0.25, 0.3) is 0 Å². The number of nitro benzene ring substituents is 1. The first-order valence-electron chi connectivity index (χ1n) is 9.19. The van der Waals surface area contributed by atoms with Gasteiger partial charge in [-0.2, -0.15) is 0 Å². The average molecular weight is 385 g/mol. The van der Waals surface area contributed by atoms with E-state index in [1.807, 2.05) is 36.1 Å². The van der Waals surface area contributed by atoms with Crippen LogP contribution in [-0.4, -0.2) is 43.7 Å². The Morgan fingerprint density at radius 2 is 1.93 bits per heavy atom.